The monoisotopic (exact) mass is 463 g/mol. The van der Waals surface area contributed by atoms with Crippen LogP contribution in [0.3, 0.4) is 0 Å². The highest BCUT2D eigenvalue weighted by atomic mass is 32.1. The first-order valence-electron chi connectivity index (χ1n) is 11.3. The Labute approximate surface area is 196 Å². The van der Waals surface area contributed by atoms with Crippen LogP contribution in [0, 0.1) is 0 Å². The van der Waals surface area contributed by atoms with Crippen molar-refractivity contribution in [3.05, 3.63) is 53.6 Å². The molecule has 0 spiro atoms. The van der Waals surface area contributed by atoms with Crippen molar-refractivity contribution in [1.82, 2.24) is 4.98 Å². The number of para-hydroxylation sites is 1. The molecule has 5 rings (SSSR count). The summed E-state index contributed by atoms with van der Waals surface area (Å²) in [5.74, 6) is -0.693. The maximum absolute atomic E-state index is 13.7. The van der Waals surface area contributed by atoms with E-state index in [1.165, 1.54) is 16.2 Å². The molecule has 1 aromatic heterocycles. The summed E-state index contributed by atoms with van der Waals surface area (Å²) in [6, 6.07) is 12.8. The molecule has 2 aliphatic heterocycles. The van der Waals surface area contributed by atoms with Gasteiger partial charge in [-0.25, -0.2) is 4.98 Å². The molecule has 2 saturated heterocycles. The number of hydrogen-bond donors (Lipinski definition) is 0. The largest absolute Gasteiger partial charge is 0.376 e. The van der Waals surface area contributed by atoms with Gasteiger partial charge in [-0.15, -0.1) is 0 Å². The third-order valence-electron chi connectivity index (χ3n) is 6.16. The number of imide groups is 1. The van der Waals surface area contributed by atoms with Gasteiger partial charge in [-0.1, -0.05) is 36.5 Å². The summed E-state index contributed by atoms with van der Waals surface area (Å²) in [7, 11) is 0. The average molecular weight is 464 g/mol. The molecule has 3 amide bonds. The minimum atomic E-state index is -0.237. The Balaban J connectivity index is 1.52. The fourth-order valence-corrected chi connectivity index (χ4v) is 5.45. The number of carbonyl (C=O) groups excluding carboxylic acids is 3. The molecule has 2 aliphatic rings. The summed E-state index contributed by atoms with van der Waals surface area (Å²) in [4.78, 5) is 45.8. The normalized spacial score (nSPS) is 18.5. The zero-order chi connectivity index (χ0) is 22.9. The molecule has 1 atom stereocenters. The van der Waals surface area contributed by atoms with Crippen LogP contribution in [0.15, 0.2) is 42.5 Å². The van der Waals surface area contributed by atoms with Gasteiger partial charge >= 0.3 is 0 Å². The van der Waals surface area contributed by atoms with E-state index in [2.05, 4.69) is 13.0 Å². The van der Waals surface area contributed by atoms with Crippen molar-refractivity contribution in [2.45, 2.75) is 45.1 Å². The lowest BCUT2D eigenvalue weighted by Gasteiger charge is -2.23. The second-order valence-corrected chi connectivity index (χ2v) is 9.35. The van der Waals surface area contributed by atoms with E-state index in [1.54, 1.807) is 29.2 Å². The standard InChI is InChI=1S/C25H25N3O4S/c1-2-16-6-4-10-20-23(16)26-25(33-20)27(15-19-9-5-13-32-19)24(31)17-7-3-8-18(14-17)28-21(29)11-12-22(28)30/h3-4,6-8,10,14,19H,2,5,9,11-13,15H2,1H3. The predicted octanol–water partition coefficient (Wildman–Crippen LogP) is 4.34. The lowest BCUT2D eigenvalue weighted by molar-refractivity contribution is -0.121. The van der Waals surface area contributed by atoms with Crippen molar-refractivity contribution in [3.63, 3.8) is 0 Å². The van der Waals surface area contributed by atoms with Crippen molar-refractivity contribution < 1.29 is 19.1 Å². The number of benzene rings is 2. The zero-order valence-corrected chi connectivity index (χ0v) is 19.3. The van der Waals surface area contributed by atoms with E-state index in [4.69, 9.17) is 9.72 Å². The maximum atomic E-state index is 13.7. The lowest BCUT2D eigenvalue weighted by atomic mass is 10.1. The van der Waals surface area contributed by atoms with Crippen LogP contribution in [-0.2, 0) is 20.7 Å². The molecular formula is C25H25N3O4S. The van der Waals surface area contributed by atoms with Crippen LogP contribution in [0.4, 0.5) is 10.8 Å². The van der Waals surface area contributed by atoms with E-state index >= 15 is 0 Å². The first-order chi connectivity index (χ1) is 16.0. The van der Waals surface area contributed by atoms with Crippen LogP contribution in [0.5, 0.6) is 0 Å². The van der Waals surface area contributed by atoms with Crippen LogP contribution < -0.4 is 9.80 Å². The first-order valence-corrected chi connectivity index (χ1v) is 12.1. The number of ether oxygens (including phenoxy) is 1. The molecule has 2 fully saturated rings. The lowest BCUT2D eigenvalue weighted by Crippen LogP contribution is -2.37. The van der Waals surface area contributed by atoms with Crippen molar-refractivity contribution in [1.29, 1.82) is 0 Å². The summed E-state index contributed by atoms with van der Waals surface area (Å²) in [6.45, 7) is 3.20. The highest BCUT2D eigenvalue weighted by molar-refractivity contribution is 7.22. The van der Waals surface area contributed by atoms with Crippen molar-refractivity contribution in [2.75, 3.05) is 23.0 Å². The first kappa shape index (κ1) is 21.7. The second kappa shape index (κ2) is 9.03. The molecule has 0 radical (unpaired) electrons. The van der Waals surface area contributed by atoms with Crippen LogP contribution in [0.1, 0.15) is 48.5 Å². The Morgan fingerprint density at radius 3 is 2.70 bits per heavy atom. The minimum absolute atomic E-state index is 0.0449. The molecule has 33 heavy (non-hydrogen) atoms. The molecule has 2 aromatic carbocycles. The Hall–Kier alpha value is -3.10. The van der Waals surface area contributed by atoms with Crippen LogP contribution in [0.2, 0.25) is 0 Å². The number of aromatic nitrogens is 1. The molecule has 0 saturated carbocycles. The Bertz CT molecular complexity index is 1220. The number of amides is 3. The number of carbonyl (C=O) groups is 3. The molecule has 7 nitrogen and oxygen atoms in total. The van der Waals surface area contributed by atoms with Crippen molar-refractivity contribution in [2.24, 2.45) is 0 Å². The number of hydrogen-bond acceptors (Lipinski definition) is 6. The molecule has 8 heteroatoms. The summed E-state index contributed by atoms with van der Waals surface area (Å²) in [6.07, 6.45) is 3.09. The molecule has 0 bridgehead atoms. The van der Waals surface area contributed by atoms with E-state index < -0.39 is 0 Å². The highest BCUT2D eigenvalue weighted by Gasteiger charge is 2.32. The van der Waals surface area contributed by atoms with Gasteiger partial charge in [-0.3, -0.25) is 24.2 Å². The molecular weight excluding hydrogens is 438 g/mol. The van der Waals surface area contributed by atoms with Crippen molar-refractivity contribution in [3.8, 4) is 0 Å². The Morgan fingerprint density at radius 2 is 1.97 bits per heavy atom. The molecule has 1 unspecified atom stereocenters. The second-order valence-electron chi connectivity index (χ2n) is 8.34. The van der Waals surface area contributed by atoms with Crippen LogP contribution >= 0.6 is 11.3 Å². The van der Waals surface area contributed by atoms with Gasteiger partial charge in [0, 0.05) is 25.0 Å². The van der Waals surface area contributed by atoms with Gasteiger partial charge in [0.1, 0.15) is 0 Å². The van der Waals surface area contributed by atoms with E-state index in [1.807, 2.05) is 12.1 Å². The highest BCUT2D eigenvalue weighted by Crippen LogP contribution is 2.33. The van der Waals surface area contributed by atoms with E-state index in [9.17, 15) is 14.4 Å². The van der Waals surface area contributed by atoms with Gasteiger partial charge < -0.3 is 4.74 Å². The number of anilines is 2. The average Bonchev–Trinajstić information content (AvgIpc) is 3.57. The fraction of sp³-hybridized carbons (Fsp3) is 0.360. The molecule has 170 valence electrons. The predicted molar refractivity (Wildman–Crippen MR) is 128 cm³/mol. The van der Waals surface area contributed by atoms with Crippen LogP contribution in [0.25, 0.3) is 10.2 Å². The topological polar surface area (TPSA) is 79.8 Å². The van der Waals surface area contributed by atoms with Gasteiger partial charge in [-0.05, 0) is 49.1 Å². The fourth-order valence-electron chi connectivity index (χ4n) is 4.43. The summed E-state index contributed by atoms with van der Waals surface area (Å²) >= 11 is 1.49. The third-order valence-corrected chi connectivity index (χ3v) is 7.20. The van der Waals surface area contributed by atoms with Gasteiger partial charge in [0.2, 0.25) is 11.8 Å². The Morgan fingerprint density at radius 1 is 1.18 bits per heavy atom. The number of rotatable bonds is 6. The number of thiazole rings is 1. The SMILES string of the molecule is CCc1cccc2sc(N(CC3CCCO3)C(=O)c3cccc(N4C(=O)CCC4=O)c3)nc12. The molecule has 3 heterocycles. The smallest absolute Gasteiger partial charge is 0.260 e. The van der Waals surface area contributed by atoms with Gasteiger partial charge in [0.25, 0.3) is 5.91 Å². The van der Waals surface area contributed by atoms with Crippen molar-refractivity contribution >= 4 is 50.1 Å². The molecule has 3 aromatic rings. The maximum Gasteiger partial charge on any atom is 0.260 e. The summed E-state index contributed by atoms with van der Waals surface area (Å²) in [5, 5.41) is 0.630. The van der Waals surface area contributed by atoms with E-state index in [0.717, 1.165) is 35.0 Å². The number of nitrogens with zero attached hydrogens (tertiary/aromatic N) is 3. The molecule has 0 N–H and O–H groups in total. The van der Waals surface area contributed by atoms with Gasteiger partial charge in [-0.2, -0.15) is 0 Å². The molecule has 0 aliphatic carbocycles. The summed E-state index contributed by atoms with van der Waals surface area (Å²) in [5.41, 5.74) is 2.91. The number of aryl methyl sites for hydroxylation is 1. The third kappa shape index (κ3) is 4.16. The van der Waals surface area contributed by atoms with Gasteiger partial charge in [0.05, 0.1) is 28.6 Å². The van der Waals surface area contributed by atoms with E-state index in [0.29, 0.717) is 29.5 Å². The Kier molecular flexibility index (Phi) is 5.95. The summed E-state index contributed by atoms with van der Waals surface area (Å²) < 4.78 is 6.87. The minimum Gasteiger partial charge on any atom is -0.376 e. The number of fused-ring (bicyclic) bond motifs is 1. The zero-order valence-electron chi connectivity index (χ0n) is 18.5. The van der Waals surface area contributed by atoms with Crippen LogP contribution in [-0.4, -0.2) is 42.0 Å². The van der Waals surface area contributed by atoms with E-state index in [-0.39, 0.29) is 36.7 Å². The van der Waals surface area contributed by atoms with Gasteiger partial charge in [0.15, 0.2) is 5.13 Å². The quantitative estimate of drug-likeness (QED) is 0.508.